The molecule has 7 heteroatoms. The van der Waals surface area contributed by atoms with Gasteiger partial charge in [0.25, 0.3) is 5.91 Å². The van der Waals surface area contributed by atoms with E-state index in [0.29, 0.717) is 31.5 Å². The summed E-state index contributed by atoms with van der Waals surface area (Å²) < 4.78 is 13.1. The second-order valence-corrected chi connectivity index (χ2v) is 8.03. The Morgan fingerprint density at radius 3 is 2.39 bits per heavy atom. The highest BCUT2D eigenvalue weighted by atomic mass is 19.1. The van der Waals surface area contributed by atoms with Crippen LogP contribution in [0.5, 0.6) is 0 Å². The largest absolute Gasteiger partial charge is 0.351 e. The number of nitrogens with zero attached hydrogens (tertiary/aromatic N) is 1. The number of nitrogens with one attached hydrogen (secondary N) is 2. The molecule has 164 valence electrons. The van der Waals surface area contributed by atoms with Crippen molar-refractivity contribution in [1.82, 2.24) is 15.5 Å². The predicted octanol–water partition coefficient (Wildman–Crippen LogP) is 2.60. The highest BCUT2D eigenvalue weighted by molar-refractivity contribution is 5.94. The summed E-state index contributed by atoms with van der Waals surface area (Å²) in [6.07, 6.45) is 1.57. The van der Waals surface area contributed by atoms with E-state index < -0.39 is 6.04 Å². The number of likely N-dealkylation sites (tertiary alicyclic amines) is 1. The fourth-order valence-corrected chi connectivity index (χ4v) is 3.80. The molecule has 1 aliphatic heterocycles. The number of hydrogen-bond acceptors (Lipinski definition) is 3. The van der Waals surface area contributed by atoms with Crippen LogP contribution in [0.3, 0.4) is 0 Å². The van der Waals surface area contributed by atoms with Crippen molar-refractivity contribution in [3.8, 4) is 0 Å². The van der Waals surface area contributed by atoms with Crippen molar-refractivity contribution in [2.75, 3.05) is 13.1 Å². The van der Waals surface area contributed by atoms with Crippen LogP contribution >= 0.6 is 0 Å². The standard InChI is InChI=1S/C24H28FN3O3/c1-16-4-3-5-19(14-16)24(31)28-12-10-21(11-13-28)27-23(30)22(26-17(2)29)15-18-6-8-20(25)9-7-18/h3-9,14,21-22H,10-13,15H2,1-2H3,(H,26,29)(H,27,30)/t22-/m0/s1. The van der Waals surface area contributed by atoms with Crippen molar-refractivity contribution < 1.29 is 18.8 Å². The van der Waals surface area contributed by atoms with Gasteiger partial charge in [0, 0.05) is 38.0 Å². The fraction of sp³-hybridized carbons (Fsp3) is 0.375. The Morgan fingerprint density at radius 2 is 1.77 bits per heavy atom. The lowest BCUT2D eigenvalue weighted by Crippen LogP contribution is -2.53. The van der Waals surface area contributed by atoms with Gasteiger partial charge >= 0.3 is 0 Å². The molecular formula is C24H28FN3O3. The third-order valence-corrected chi connectivity index (χ3v) is 5.44. The van der Waals surface area contributed by atoms with E-state index in [0.717, 1.165) is 11.1 Å². The Bertz CT molecular complexity index is 937. The molecule has 1 saturated heterocycles. The number of benzene rings is 2. The van der Waals surface area contributed by atoms with Crippen molar-refractivity contribution >= 4 is 17.7 Å². The number of aryl methyl sites for hydroxylation is 1. The Balaban J connectivity index is 1.55. The normalized spacial score (nSPS) is 15.3. The second-order valence-electron chi connectivity index (χ2n) is 8.03. The van der Waals surface area contributed by atoms with Gasteiger partial charge < -0.3 is 15.5 Å². The van der Waals surface area contributed by atoms with E-state index in [1.165, 1.54) is 19.1 Å². The monoisotopic (exact) mass is 425 g/mol. The molecule has 1 atom stereocenters. The number of rotatable bonds is 6. The van der Waals surface area contributed by atoms with Crippen molar-refractivity contribution in [3.05, 3.63) is 71.0 Å². The second kappa shape index (κ2) is 10.2. The quantitative estimate of drug-likeness (QED) is 0.747. The van der Waals surface area contributed by atoms with Gasteiger partial charge in [-0.15, -0.1) is 0 Å². The summed E-state index contributed by atoms with van der Waals surface area (Å²) in [4.78, 5) is 38.9. The molecule has 2 aromatic rings. The lowest BCUT2D eigenvalue weighted by Gasteiger charge is -2.33. The summed E-state index contributed by atoms with van der Waals surface area (Å²) in [5.74, 6) is -0.930. The highest BCUT2D eigenvalue weighted by Gasteiger charge is 2.27. The smallest absolute Gasteiger partial charge is 0.253 e. The molecule has 0 aromatic heterocycles. The van der Waals surface area contributed by atoms with Crippen LogP contribution in [0, 0.1) is 12.7 Å². The number of amides is 3. The summed E-state index contributed by atoms with van der Waals surface area (Å²) in [6.45, 7) is 4.43. The number of carbonyl (C=O) groups is 3. The van der Waals surface area contributed by atoms with Crippen LogP contribution in [0.4, 0.5) is 4.39 Å². The van der Waals surface area contributed by atoms with Gasteiger partial charge in [-0.1, -0.05) is 29.8 Å². The third kappa shape index (κ3) is 6.38. The van der Waals surface area contributed by atoms with Gasteiger partial charge in [-0.05, 0) is 49.6 Å². The Kier molecular flexibility index (Phi) is 7.39. The number of hydrogen-bond donors (Lipinski definition) is 2. The lowest BCUT2D eigenvalue weighted by molar-refractivity contribution is -0.128. The van der Waals surface area contributed by atoms with Crippen molar-refractivity contribution in [3.63, 3.8) is 0 Å². The number of halogens is 1. The molecule has 3 rings (SSSR count). The molecule has 1 heterocycles. The first-order valence-electron chi connectivity index (χ1n) is 10.5. The molecule has 0 unspecified atom stereocenters. The molecule has 6 nitrogen and oxygen atoms in total. The van der Waals surface area contributed by atoms with Gasteiger partial charge in [-0.25, -0.2) is 4.39 Å². The molecule has 0 bridgehead atoms. The Hall–Kier alpha value is -3.22. The van der Waals surface area contributed by atoms with E-state index >= 15 is 0 Å². The van der Waals surface area contributed by atoms with Crippen LogP contribution in [0.1, 0.15) is 41.3 Å². The molecule has 31 heavy (non-hydrogen) atoms. The third-order valence-electron chi connectivity index (χ3n) is 5.44. The number of piperidine rings is 1. The zero-order chi connectivity index (χ0) is 22.4. The van der Waals surface area contributed by atoms with Gasteiger partial charge in [0.15, 0.2) is 0 Å². The Morgan fingerprint density at radius 1 is 1.10 bits per heavy atom. The summed E-state index contributed by atoms with van der Waals surface area (Å²) in [5, 5.41) is 5.68. The van der Waals surface area contributed by atoms with Gasteiger partial charge in [0.1, 0.15) is 11.9 Å². The average Bonchev–Trinajstić information content (AvgIpc) is 2.74. The maximum Gasteiger partial charge on any atom is 0.253 e. The molecule has 2 N–H and O–H groups in total. The average molecular weight is 426 g/mol. The molecular weight excluding hydrogens is 397 g/mol. The van der Waals surface area contributed by atoms with Gasteiger partial charge in [-0.2, -0.15) is 0 Å². The van der Waals surface area contributed by atoms with Gasteiger partial charge in [-0.3, -0.25) is 14.4 Å². The summed E-state index contributed by atoms with van der Waals surface area (Å²) in [7, 11) is 0. The molecule has 1 aliphatic rings. The van der Waals surface area contributed by atoms with E-state index in [1.807, 2.05) is 31.2 Å². The zero-order valence-corrected chi connectivity index (χ0v) is 17.9. The zero-order valence-electron chi connectivity index (χ0n) is 17.9. The van der Waals surface area contributed by atoms with Crippen LogP contribution in [-0.2, 0) is 16.0 Å². The minimum absolute atomic E-state index is 0.000842. The summed E-state index contributed by atoms with van der Waals surface area (Å²) in [5.41, 5.74) is 2.47. The van der Waals surface area contributed by atoms with Crippen molar-refractivity contribution in [1.29, 1.82) is 0 Å². The molecule has 0 aliphatic carbocycles. The maximum absolute atomic E-state index is 13.1. The molecule has 3 amide bonds. The topological polar surface area (TPSA) is 78.5 Å². The van der Waals surface area contributed by atoms with Crippen LogP contribution in [0.15, 0.2) is 48.5 Å². The van der Waals surface area contributed by atoms with E-state index in [9.17, 15) is 18.8 Å². The molecule has 1 fully saturated rings. The van der Waals surface area contributed by atoms with E-state index in [2.05, 4.69) is 10.6 Å². The first-order valence-corrected chi connectivity index (χ1v) is 10.5. The first-order chi connectivity index (χ1) is 14.8. The van der Waals surface area contributed by atoms with Crippen molar-refractivity contribution in [2.45, 2.75) is 45.2 Å². The van der Waals surface area contributed by atoms with E-state index in [1.54, 1.807) is 17.0 Å². The first kappa shape index (κ1) is 22.5. The maximum atomic E-state index is 13.1. The van der Waals surface area contributed by atoms with E-state index in [-0.39, 0.29) is 36.0 Å². The van der Waals surface area contributed by atoms with Crippen LogP contribution < -0.4 is 10.6 Å². The molecule has 0 radical (unpaired) electrons. The van der Waals surface area contributed by atoms with Crippen LogP contribution in [0.2, 0.25) is 0 Å². The summed E-state index contributed by atoms with van der Waals surface area (Å²) >= 11 is 0. The van der Waals surface area contributed by atoms with Crippen molar-refractivity contribution in [2.24, 2.45) is 0 Å². The lowest BCUT2D eigenvalue weighted by atomic mass is 10.0. The minimum Gasteiger partial charge on any atom is -0.351 e. The van der Waals surface area contributed by atoms with E-state index in [4.69, 9.17) is 0 Å². The summed E-state index contributed by atoms with van der Waals surface area (Å²) in [6, 6.07) is 12.6. The predicted molar refractivity (Wildman–Crippen MR) is 116 cm³/mol. The minimum atomic E-state index is -0.741. The SMILES string of the molecule is CC(=O)N[C@@H](Cc1ccc(F)cc1)C(=O)NC1CCN(C(=O)c2cccc(C)c2)CC1. The molecule has 0 saturated carbocycles. The van der Waals surface area contributed by atoms with Crippen LogP contribution in [-0.4, -0.2) is 47.8 Å². The van der Waals surface area contributed by atoms with Crippen LogP contribution in [0.25, 0.3) is 0 Å². The van der Waals surface area contributed by atoms with Gasteiger partial charge in [0.05, 0.1) is 0 Å². The molecule has 2 aromatic carbocycles. The molecule has 0 spiro atoms. The number of carbonyl (C=O) groups excluding carboxylic acids is 3. The fourth-order valence-electron chi connectivity index (χ4n) is 3.80. The van der Waals surface area contributed by atoms with Gasteiger partial charge in [0.2, 0.25) is 11.8 Å². The Labute approximate surface area is 181 Å². The highest BCUT2D eigenvalue weighted by Crippen LogP contribution is 2.15.